The minimum Gasteiger partial charge on any atom is -0.461 e. The van der Waals surface area contributed by atoms with Gasteiger partial charge in [0.05, 0.1) is 6.54 Å². The lowest BCUT2D eigenvalue weighted by atomic mass is 10.0. The number of hydrazine groups is 1. The Bertz CT molecular complexity index is 1140. The molecule has 14 heteroatoms. The number of fused-ring (bicyclic) bond motifs is 1. The summed E-state index contributed by atoms with van der Waals surface area (Å²) in [6, 6.07) is 6.38. The van der Waals surface area contributed by atoms with Gasteiger partial charge in [0.2, 0.25) is 5.88 Å². The number of carbonyl (C=O) groups excluding carboxylic acids is 4. The predicted octanol–water partition coefficient (Wildman–Crippen LogP) is 0.576. The van der Waals surface area contributed by atoms with Crippen molar-refractivity contribution in [1.29, 1.82) is 5.41 Å². The number of esters is 1. The van der Waals surface area contributed by atoms with E-state index in [1.807, 2.05) is 0 Å². The lowest BCUT2D eigenvalue weighted by molar-refractivity contribution is -0.170. The molecule has 0 saturated carbocycles. The van der Waals surface area contributed by atoms with Crippen LogP contribution >= 0.6 is 11.8 Å². The van der Waals surface area contributed by atoms with Gasteiger partial charge in [-0.3, -0.25) is 24.7 Å². The van der Waals surface area contributed by atoms with Crippen LogP contribution in [0.2, 0.25) is 0 Å². The molecule has 2 fully saturated rings. The minimum atomic E-state index is -1.67. The van der Waals surface area contributed by atoms with E-state index in [4.69, 9.17) is 14.9 Å². The van der Waals surface area contributed by atoms with E-state index in [0.717, 1.165) is 14.9 Å². The number of nitrogens with one attached hydrogen (secondary N) is 2. The number of hydrogen-bond acceptors (Lipinski definition) is 9. The fraction of sp³-hybridized carbons (Fsp3) is 0.333. The summed E-state index contributed by atoms with van der Waals surface area (Å²) in [5, 5.41) is 21.4. The average molecular weight is 503 g/mol. The van der Waals surface area contributed by atoms with Crippen molar-refractivity contribution in [3.63, 3.8) is 0 Å². The Balaban J connectivity index is 1.66. The van der Waals surface area contributed by atoms with Crippen LogP contribution in [0.25, 0.3) is 0 Å². The minimum absolute atomic E-state index is 0.0971. The average Bonchev–Trinajstić information content (AvgIpc) is 3.25. The number of rotatable bonds is 7. The van der Waals surface area contributed by atoms with E-state index >= 15 is 0 Å². The van der Waals surface area contributed by atoms with Crippen molar-refractivity contribution in [1.82, 2.24) is 20.2 Å². The zero-order valence-corrected chi connectivity index (χ0v) is 19.2. The number of urea groups is 1. The number of thioether (sulfide) groups is 1. The topological polar surface area (TPSA) is 170 Å². The number of carboxylic acid groups (broad SMARTS) is 1. The molecule has 184 valence electrons. The van der Waals surface area contributed by atoms with Crippen LogP contribution in [0.4, 0.5) is 9.59 Å². The SMILES string of the molecule is CC(=O)OCC1=C(OC(=O)O)N2C(=O)C(N(C(=O)C(=N)c3ccccc3)N3CCNC3=O)[C@@H]2SC1. The number of carbonyl (C=O) groups is 5. The number of hydrogen-bond donors (Lipinski definition) is 3. The molecule has 2 atom stereocenters. The van der Waals surface area contributed by atoms with Gasteiger partial charge < -0.3 is 19.9 Å². The van der Waals surface area contributed by atoms with E-state index in [9.17, 15) is 29.1 Å². The fourth-order valence-electron chi connectivity index (χ4n) is 3.87. The Morgan fingerprint density at radius 1 is 1.26 bits per heavy atom. The van der Waals surface area contributed by atoms with Crippen LogP contribution in [0.1, 0.15) is 12.5 Å². The zero-order chi connectivity index (χ0) is 25.3. The summed E-state index contributed by atoms with van der Waals surface area (Å²) < 4.78 is 9.80. The first-order chi connectivity index (χ1) is 16.7. The van der Waals surface area contributed by atoms with Crippen LogP contribution in [-0.4, -0.2) is 92.6 Å². The molecule has 13 nitrogen and oxygen atoms in total. The molecule has 1 unspecified atom stereocenters. The number of ether oxygens (including phenoxy) is 2. The molecule has 1 aromatic carbocycles. The second kappa shape index (κ2) is 9.66. The van der Waals surface area contributed by atoms with Gasteiger partial charge in [0.1, 0.15) is 17.7 Å². The highest BCUT2D eigenvalue weighted by Crippen LogP contribution is 2.43. The maximum Gasteiger partial charge on any atom is 0.512 e. The Labute approximate surface area is 203 Å². The maximum atomic E-state index is 13.4. The molecule has 3 aliphatic rings. The second-order valence-corrected chi connectivity index (χ2v) is 8.76. The van der Waals surface area contributed by atoms with Crippen LogP contribution in [0.15, 0.2) is 41.8 Å². The first kappa shape index (κ1) is 24.1. The third-order valence-electron chi connectivity index (χ3n) is 5.44. The zero-order valence-electron chi connectivity index (χ0n) is 18.4. The number of nitrogens with zero attached hydrogens (tertiary/aromatic N) is 3. The van der Waals surface area contributed by atoms with Gasteiger partial charge in [-0.15, -0.1) is 11.8 Å². The van der Waals surface area contributed by atoms with Crippen molar-refractivity contribution in [3.05, 3.63) is 47.4 Å². The normalized spacial score (nSPS) is 21.1. The summed E-state index contributed by atoms with van der Waals surface area (Å²) >= 11 is 1.19. The predicted molar refractivity (Wildman–Crippen MR) is 120 cm³/mol. The molecule has 35 heavy (non-hydrogen) atoms. The Morgan fingerprint density at radius 3 is 2.57 bits per heavy atom. The van der Waals surface area contributed by atoms with Crippen molar-refractivity contribution in [2.24, 2.45) is 0 Å². The highest BCUT2D eigenvalue weighted by Gasteiger charge is 2.59. The van der Waals surface area contributed by atoms with Crippen LogP contribution < -0.4 is 5.32 Å². The smallest absolute Gasteiger partial charge is 0.461 e. The van der Waals surface area contributed by atoms with E-state index in [1.165, 1.54) is 18.7 Å². The Kier molecular flexibility index (Phi) is 6.64. The second-order valence-electron chi connectivity index (χ2n) is 7.66. The third-order valence-corrected chi connectivity index (χ3v) is 6.77. The molecule has 3 heterocycles. The maximum absolute atomic E-state index is 13.4. The highest BCUT2D eigenvalue weighted by atomic mass is 32.2. The van der Waals surface area contributed by atoms with E-state index in [0.29, 0.717) is 5.56 Å². The highest BCUT2D eigenvalue weighted by molar-refractivity contribution is 8.00. The molecule has 2 saturated heterocycles. The lowest BCUT2D eigenvalue weighted by Gasteiger charge is -2.53. The molecular weight excluding hydrogens is 482 g/mol. The molecule has 0 aromatic heterocycles. The fourth-order valence-corrected chi connectivity index (χ4v) is 5.21. The summed E-state index contributed by atoms with van der Waals surface area (Å²) in [6.45, 7) is 1.25. The van der Waals surface area contributed by atoms with Crippen molar-refractivity contribution in [2.45, 2.75) is 18.3 Å². The van der Waals surface area contributed by atoms with Gasteiger partial charge >= 0.3 is 18.2 Å². The molecular formula is C21H21N5O8S. The van der Waals surface area contributed by atoms with Gasteiger partial charge in [0.15, 0.2) is 6.04 Å². The van der Waals surface area contributed by atoms with Crippen molar-refractivity contribution in [2.75, 3.05) is 25.4 Å². The van der Waals surface area contributed by atoms with Crippen LogP contribution in [0.3, 0.4) is 0 Å². The van der Waals surface area contributed by atoms with Gasteiger partial charge in [-0.2, -0.15) is 0 Å². The molecule has 0 radical (unpaired) electrons. The van der Waals surface area contributed by atoms with E-state index in [2.05, 4.69) is 5.32 Å². The number of benzene rings is 1. The molecule has 0 bridgehead atoms. The lowest BCUT2D eigenvalue weighted by Crippen LogP contribution is -2.74. The third kappa shape index (κ3) is 4.51. The molecule has 4 rings (SSSR count). The molecule has 0 spiro atoms. The van der Waals surface area contributed by atoms with Gasteiger partial charge in [-0.1, -0.05) is 30.3 Å². The van der Waals surface area contributed by atoms with Gasteiger partial charge in [0, 0.05) is 30.4 Å². The van der Waals surface area contributed by atoms with Crippen LogP contribution in [0.5, 0.6) is 0 Å². The molecule has 0 aliphatic carbocycles. The quantitative estimate of drug-likeness (QED) is 0.274. The summed E-state index contributed by atoms with van der Waals surface area (Å²) in [7, 11) is 0. The van der Waals surface area contributed by atoms with E-state index in [1.54, 1.807) is 30.3 Å². The Hall–Kier alpha value is -4.07. The number of amides is 4. The first-order valence-electron chi connectivity index (χ1n) is 10.4. The largest absolute Gasteiger partial charge is 0.512 e. The standard InChI is InChI=1S/C21H21N5O8S/c1-11(27)33-9-13-10-35-19-15(17(29)25(19)18(13)34-21(31)32)26(24-8-7-23-20(24)30)16(28)14(22)12-5-3-2-4-6-12/h2-6,15,19,22H,7-10H2,1H3,(H,23,30)(H,31,32)/t15?,19-/m0/s1. The first-order valence-corrected chi connectivity index (χ1v) is 11.5. The molecule has 3 N–H and O–H groups in total. The van der Waals surface area contributed by atoms with Crippen molar-refractivity contribution < 1.29 is 38.6 Å². The van der Waals surface area contributed by atoms with E-state index in [-0.39, 0.29) is 36.9 Å². The summed E-state index contributed by atoms with van der Waals surface area (Å²) in [6.07, 6.45) is -1.67. The van der Waals surface area contributed by atoms with Crippen molar-refractivity contribution >= 4 is 47.4 Å². The van der Waals surface area contributed by atoms with Gasteiger partial charge in [-0.05, 0) is 0 Å². The molecule has 3 aliphatic heterocycles. The van der Waals surface area contributed by atoms with Gasteiger partial charge in [-0.25, -0.2) is 19.6 Å². The molecule has 4 amide bonds. The number of β-lactam (4-membered cyclic amide) rings is 1. The van der Waals surface area contributed by atoms with Gasteiger partial charge in [0.25, 0.3) is 11.8 Å². The summed E-state index contributed by atoms with van der Waals surface area (Å²) in [5.41, 5.74) is 0.162. The van der Waals surface area contributed by atoms with Crippen LogP contribution in [-0.2, 0) is 23.9 Å². The molecule has 1 aromatic rings. The van der Waals surface area contributed by atoms with Crippen molar-refractivity contribution in [3.8, 4) is 0 Å². The summed E-state index contributed by atoms with van der Waals surface area (Å²) in [5.74, 6) is -2.30. The summed E-state index contributed by atoms with van der Waals surface area (Å²) in [4.78, 5) is 62.8. The Morgan fingerprint density at radius 2 is 1.97 bits per heavy atom. The van der Waals surface area contributed by atoms with E-state index < -0.39 is 47.1 Å². The van der Waals surface area contributed by atoms with Crippen LogP contribution in [0, 0.1) is 5.41 Å². The monoisotopic (exact) mass is 503 g/mol.